The number of alkyl halides is 1. The van der Waals surface area contributed by atoms with E-state index in [1.807, 2.05) is 31.6 Å². The number of hydrogen-bond donors (Lipinski definition) is 3. The molecule has 24 heteroatoms. The molecule has 3 aromatic heterocycles. The highest BCUT2D eigenvalue weighted by Gasteiger charge is 2.46. The third-order valence-electron chi connectivity index (χ3n) is 15.5. The molecule has 0 bridgehead atoms. The first-order valence-electron chi connectivity index (χ1n) is 25.7. The summed E-state index contributed by atoms with van der Waals surface area (Å²) in [6, 6.07) is 9.21. The van der Waals surface area contributed by atoms with Crippen LogP contribution in [-0.4, -0.2) is 165 Å². The van der Waals surface area contributed by atoms with Crippen molar-refractivity contribution in [1.82, 2.24) is 49.7 Å². The number of nitrogens with zero attached hydrogens (tertiary/aromatic N) is 11. The summed E-state index contributed by atoms with van der Waals surface area (Å²) in [6.45, 7) is 8.74. The number of rotatable bonds is 13. The number of anilines is 6. The van der Waals surface area contributed by atoms with E-state index in [1.165, 1.54) is 12.3 Å². The van der Waals surface area contributed by atoms with E-state index in [4.69, 9.17) is 21.3 Å². The largest absolute Gasteiger partial charge is 0.494 e. The fourth-order valence-corrected chi connectivity index (χ4v) is 13.0. The number of ether oxygens (including phenoxy) is 1. The number of piperidine rings is 3. The van der Waals surface area contributed by atoms with Crippen LogP contribution >= 0.6 is 18.7 Å². The smallest absolute Gasteiger partial charge is 0.262 e. The zero-order valence-corrected chi connectivity index (χ0v) is 44.7. The number of carbonyl (C=O) groups is 4. The Kier molecular flexibility index (Phi) is 13.9. The third kappa shape index (κ3) is 10.3. The maximum Gasteiger partial charge on any atom is 0.262 e. The maximum absolute atomic E-state index is 16.6. The van der Waals surface area contributed by atoms with Gasteiger partial charge in [-0.1, -0.05) is 11.6 Å². The molecule has 0 spiro atoms. The lowest BCUT2D eigenvalue weighted by molar-refractivity contribution is -0.136. The van der Waals surface area contributed by atoms with Crippen LogP contribution < -0.4 is 35.8 Å². The molecule has 1 atom stereocenters. The number of nitrogens with one attached hydrogen (secondary N) is 3. The predicted molar refractivity (Wildman–Crippen MR) is 289 cm³/mol. The Hall–Kier alpha value is -7.13. The van der Waals surface area contributed by atoms with E-state index in [0.29, 0.717) is 45.3 Å². The first-order chi connectivity index (χ1) is 36.9. The normalized spacial score (nSPS) is 19.7. The van der Waals surface area contributed by atoms with Crippen molar-refractivity contribution in [2.75, 3.05) is 99.8 Å². The molecule has 3 aromatic carbocycles. The lowest BCUT2D eigenvalue weighted by atomic mass is 9.91. The number of halogens is 3. The van der Waals surface area contributed by atoms with Crippen LogP contribution in [0.2, 0.25) is 5.02 Å². The van der Waals surface area contributed by atoms with Crippen molar-refractivity contribution in [2.24, 2.45) is 7.05 Å². The number of methoxy groups -OCH3 is 1. The van der Waals surface area contributed by atoms with Crippen LogP contribution in [-0.2, 0) is 21.2 Å². The highest BCUT2D eigenvalue weighted by Crippen LogP contribution is 2.44. The number of fused-ring (bicyclic) bond motifs is 2. The van der Waals surface area contributed by atoms with E-state index in [9.17, 15) is 23.7 Å². The molecule has 77 heavy (non-hydrogen) atoms. The summed E-state index contributed by atoms with van der Waals surface area (Å²) in [5.41, 5.74) is 3.67. The van der Waals surface area contributed by atoms with Crippen LogP contribution in [0.4, 0.5) is 43.3 Å². The lowest BCUT2D eigenvalue weighted by Crippen LogP contribution is -2.56. The minimum Gasteiger partial charge on any atom is -0.494 e. The summed E-state index contributed by atoms with van der Waals surface area (Å²) in [6.07, 6.45) is 10.6. The van der Waals surface area contributed by atoms with Gasteiger partial charge in [-0.25, -0.2) is 13.8 Å². The summed E-state index contributed by atoms with van der Waals surface area (Å²) in [5.74, 6) is -2.29. The molecule has 5 aliphatic heterocycles. The van der Waals surface area contributed by atoms with E-state index in [1.54, 1.807) is 54.5 Å². The average Bonchev–Trinajstić information content (AvgIpc) is 4.09. The lowest BCUT2D eigenvalue weighted by Gasteiger charge is -2.45. The second-order valence-electron chi connectivity index (χ2n) is 20.8. The molecule has 5 aliphatic rings. The van der Waals surface area contributed by atoms with Crippen molar-refractivity contribution >= 4 is 93.2 Å². The zero-order chi connectivity index (χ0) is 53.9. The molecule has 4 fully saturated rings. The van der Waals surface area contributed by atoms with Crippen molar-refractivity contribution < 1.29 is 37.3 Å². The number of aromatic nitrogens is 6. The van der Waals surface area contributed by atoms with Gasteiger partial charge in [0.1, 0.15) is 41.0 Å². The van der Waals surface area contributed by atoms with Crippen molar-refractivity contribution in [1.29, 1.82) is 0 Å². The van der Waals surface area contributed by atoms with Crippen molar-refractivity contribution in [3.8, 4) is 16.9 Å². The number of benzene rings is 3. The minimum atomic E-state index is -2.86. The van der Waals surface area contributed by atoms with Crippen molar-refractivity contribution in [3.63, 3.8) is 0 Å². The maximum atomic E-state index is 16.6. The Labute approximate surface area is 447 Å². The monoisotopic (exact) mass is 1090 g/mol. The average molecular weight is 1090 g/mol. The Morgan fingerprint density at radius 2 is 1.55 bits per heavy atom. The molecule has 4 saturated heterocycles. The number of imide groups is 2. The molecular formula is C53H58ClF2N14O6P. The molecule has 11 rings (SSSR count). The third-order valence-corrected chi connectivity index (χ3v) is 17.3. The number of aryl methyl sites for hydroxylation is 1. The Morgan fingerprint density at radius 1 is 0.831 bits per heavy atom. The van der Waals surface area contributed by atoms with Crippen molar-refractivity contribution in [3.05, 3.63) is 89.3 Å². The zero-order valence-electron chi connectivity index (χ0n) is 43.1. The van der Waals surface area contributed by atoms with Gasteiger partial charge in [0.2, 0.25) is 17.8 Å². The van der Waals surface area contributed by atoms with Gasteiger partial charge in [0.05, 0.1) is 58.5 Å². The predicted octanol–water partition coefficient (Wildman–Crippen LogP) is 6.35. The van der Waals surface area contributed by atoms with Gasteiger partial charge >= 0.3 is 0 Å². The molecule has 0 saturated carbocycles. The van der Waals surface area contributed by atoms with Gasteiger partial charge in [-0.15, -0.1) is 0 Å². The fraction of sp³-hybridized carbons (Fsp3) is 0.415. The Balaban J connectivity index is 0.712. The van der Waals surface area contributed by atoms with E-state index in [2.05, 4.69) is 50.7 Å². The van der Waals surface area contributed by atoms with E-state index < -0.39 is 48.3 Å². The molecule has 8 heterocycles. The van der Waals surface area contributed by atoms with Crippen LogP contribution in [0, 0.1) is 5.82 Å². The Morgan fingerprint density at radius 3 is 2.23 bits per heavy atom. The van der Waals surface area contributed by atoms with Gasteiger partial charge in [-0.05, 0) is 62.9 Å². The van der Waals surface area contributed by atoms with Gasteiger partial charge in [0, 0.05) is 133 Å². The Bertz CT molecular complexity index is 3390. The van der Waals surface area contributed by atoms with E-state index in [-0.39, 0.29) is 73.1 Å². The van der Waals surface area contributed by atoms with Gasteiger partial charge in [0.15, 0.2) is 5.82 Å². The van der Waals surface area contributed by atoms with E-state index >= 15 is 8.78 Å². The van der Waals surface area contributed by atoms with Crippen LogP contribution in [0.15, 0.2) is 67.4 Å². The molecule has 0 radical (unpaired) electrons. The van der Waals surface area contributed by atoms with Gasteiger partial charge in [-0.3, -0.25) is 53.8 Å². The molecule has 6 aromatic rings. The highest BCUT2D eigenvalue weighted by molar-refractivity contribution is 7.71. The number of carbonyl (C=O) groups excluding carboxylic acids is 4. The SMILES string of the molecule is COc1cc(N2CCC(N3CCN(CC4(F)CCN(c5cc6c(cc5F)C(=O)N(C5CCC(=O)NC5=O)C6=O)CC4)CC3)CC2)c(-c2cnn(C)c2)cc1Nc1ncc(Cl)c(Nc2ccc3nccnc3c2P(C)(C)=O)n1. The number of amides is 4. The first-order valence-corrected chi connectivity index (χ1v) is 28.7. The molecule has 4 amide bonds. The second-order valence-corrected chi connectivity index (χ2v) is 24.4. The molecular weight excluding hydrogens is 1030 g/mol. The van der Waals surface area contributed by atoms with Crippen LogP contribution in [0.25, 0.3) is 22.2 Å². The van der Waals surface area contributed by atoms with Crippen LogP contribution in [0.1, 0.15) is 59.2 Å². The van der Waals surface area contributed by atoms with Crippen LogP contribution in [0.3, 0.4) is 0 Å². The minimum absolute atomic E-state index is 0.00286. The number of piperazine rings is 1. The molecule has 1 unspecified atom stereocenters. The van der Waals surface area contributed by atoms with Gasteiger partial charge in [-0.2, -0.15) is 10.1 Å². The molecule has 402 valence electrons. The summed E-state index contributed by atoms with van der Waals surface area (Å²) < 4.78 is 53.6. The summed E-state index contributed by atoms with van der Waals surface area (Å²) >= 11 is 6.67. The van der Waals surface area contributed by atoms with Gasteiger partial charge < -0.3 is 29.7 Å². The highest BCUT2D eigenvalue weighted by atomic mass is 35.5. The molecule has 0 aliphatic carbocycles. The summed E-state index contributed by atoms with van der Waals surface area (Å²) in [4.78, 5) is 78.7. The van der Waals surface area contributed by atoms with Gasteiger partial charge in [0.25, 0.3) is 11.8 Å². The quantitative estimate of drug-likeness (QED) is 0.0848. The second kappa shape index (κ2) is 20.7. The van der Waals surface area contributed by atoms with E-state index in [0.717, 1.165) is 79.9 Å². The molecule has 3 N–H and O–H groups in total. The first kappa shape index (κ1) is 51.9. The summed E-state index contributed by atoms with van der Waals surface area (Å²) in [5, 5.41) is 14.1. The molecule has 20 nitrogen and oxygen atoms in total. The fourth-order valence-electron chi connectivity index (χ4n) is 11.5. The summed E-state index contributed by atoms with van der Waals surface area (Å²) in [7, 11) is 0.637. The standard InChI is InChI=1S/C53H58ClF2N14O6P/c1-65-29-31(27-60-65)33-24-40(62-52-59-28-36(54)48(64-52)61-39-6-5-38-46(58-14-13-57-38)47(39)77(3,4)75)44(76-2)26-42(33)68-15-9-32(10-16-68)67-21-19-66(20-22-67)30-53(56)11-17-69(18-12-53)43-25-35-34(23-37(43)55)50(73)70(51(35)74)41-7-8-45(71)63-49(41)72/h5-6,13-14,23-29,32,41H,7-12,15-22,30H2,1-4H3,(H,63,71,72)(H2,59,61,62,64). The number of hydrogen-bond acceptors (Lipinski definition) is 17. The van der Waals surface area contributed by atoms with Crippen molar-refractivity contribution in [2.45, 2.75) is 56.3 Å². The van der Waals surface area contributed by atoms with Crippen LogP contribution in [0.5, 0.6) is 5.75 Å². The topological polar surface area (TPSA) is 216 Å².